The van der Waals surface area contributed by atoms with E-state index in [0.29, 0.717) is 16.6 Å². The molecule has 1 amide bonds. The quantitative estimate of drug-likeness (QED) is 0.870. The molecule has 5 heteroatoms. The standard InChI is InChI=1S/C12H16ClN3O/c1-8(14)9-4-5-16(7-9)12(17)11-3-2-10(13)6-15-11/h2-3,6,8-9H,4-5,7,14H2,1H3. The van der Waals surface area contributed by atoms with Gasteiger partial charge in [-0.25, -0.2) is 4.98 Å². The van der Waals surface area contributed by atoms with Crippen molar-refractivity contribution in [3.8, 4) is 0 Å². The number of halogens is 1. The second-order valence-corrected chi connectivity index (χ2v) is 4.96. The molecule has 92 valence electrons. The van der Waals surface area contributed by atoms with E-state index in [1.165, 1.54) is 6.20 Å². The summed E-state index contributed by atoms with van der Waals surface area (Å²) in [5, 5.41) is 0.538. The van der Waals surface area contributed by atoms with Crippen molar-refractivity contribution in [3.63, 3.8) is 0 Å². The van der Waals surface area contributed by atoms with Gasteiger partial charge >= 0.3 is 0 Å². The first-order chi connectivity index (χ1) is 8.08. The van der Waals surface area contributed by atoms with Crippen LogP contribution in [0.25, 0.3) is 0 Å². The summed E-state index contributed by atoms with van der Waals surface area (Å²) in [7, 11) is 0. The third-order valence-electron chi connectivity index (χ3n) is 3.20. The first-order valence-corrected chi connectivity index (χ1v) is 6.12. The zero-order valence-corrected chi connectivity index (χ0v) is 10.5. The predicted octanol–water partition coefficient (Wildman–Crippen LogP) is 1.54. The van der Waals surface area contributed by atoms with Gasteiger partial charge in [0.1, 0.15) is 5.69 Å². The van der Waals surface area contributed by atoms with Crippen LogP contribution in [0.15, 0.2) is 18.3 Å². The van der Waals surface area contributed by atoms with E-state index in [4.69, 9.17) is 17.3 Å². The molecular weight excluding hydrogens is 238 g/mol. The van der Waals surface area contributed by atoms with Gasteiger partial charge in [0, 0.05) is 25.3 Å². The Morgan fingerprint density at radius 1 is 1.65 bits per heavy atom. The molecule has 1 aromatic rings. The number of nitrogens with zero attached hydrogens (tertiary/aromatic N) is 2. The van der Waals surface area contributed by atoms with Gasteiger partial charge in [-0.3, -0.25) is 4.79 Å². The molecule has 1 aliphatic rings. The predicted molar refractivity (Wildman–Crippen MR) is 66.9 cm³/mol. The molecule has 0 bridgehead atoms. The number of pyridine rings is 1. The number of hydrogen-bond donors (Lipinski definition) is 1. The van der Waals surface area contributed by atoms with Gasteiger partial charge in [-0.05, 0) is 31.4 Å². The maximum Gasteiger partial charge on any atom is 0.272 e. The number of aromatic nitrogens is 1. The molecule has 0 aromatic carbocycles. The van der Waals surface area contributed by atoms with E-state index >= 15 is 0 Å². The van der Waals surface area contributed by atoms with Crippen molar-refractivity contribution < 1.29 is 4.79 Å². The number of rotatable bonds is 2. The van der Waals surface area contributed by atoms with Crippen molar-refractivity contribution in [2.45, 2.75) is 19.4 Å². The maximum atomic E-state index is 12.1. The fourth-order valence-corrected chi connectivity index (χ4v) is 2.18. The Morgan fingerprint density at radius 2 is 2.41 bits per heavy atom. The van der Waals surface area contributed by atoms with Crippen LogP contribution in [0.5, 0.6) is 0 Å². The van der Waals surface area contributed by atoms with Gasteiger partial charge in [-0.1, -0.05) is 11.6 Å². The second-order valence-electron chi connectivity index (χ2n) is 4.52. The summed E-state index contributed by atoms with van der Waals surface area (Å²) in [6.07, 6.45) is 2.46. The summed E-state index contributed by atoms with van der Waals surface area (Å²) < 4.78 is 0. The number of amides is 1. The lowest BCUT2D eigenvalue weighted by molar-refractivity contribution is 0.0780. The molecular formula is C12H16ClN3O. The molecule has 1 aromatic heterocycles. The number of likely N-dealkylation sites (tertiary alicyclic amines) is 1. The average Bonchev–Trinajstić information content (AvgIpc) is 2.78. The summed E-state index contributed by atoms with van der Waals surface area (Å²) >= 11 is 5.74. The number of carbonyl (C=O) groups excluding carboxylic acids is 1. The summed E-state index contributed by atoms with van der Waals surface area (Å²) in [6.45, 7) is 3.47. The van der Waals surface area contributed by atoms with Crippen molar-refractivity contribution in [2.75, 3.05) is 13.1 Å². The first kappa shape index (κ1) is 12.3. The van der Waals surface area contributed by atoms with Gasteiger partial charge in [0.05, 0.1) is 5.02 Å². The van der Waals surface area contributed by atoms with Crippen LogP contribution in [0, 0.1) is 5.92 Å². The highest BCUT2D eigenvalue weighted by molar-refractivity contribution is 6.30. The molecule has 0 saturated carbocycles. The van der Waals surface area contributed by atoms with Crippen LogP contribution in [0.4, 0.5) is 0 Å². The molecule has 2 atom stereocenters. The molecule has 1 aliphatic heterocycles. The van der Waals surface area contributed by atoms with Crippen LogP contribution in [-0.4, -0.2) is 34.9 Å². The third-order valence-corrected chi connectivity index (χ3v) is 3.43. The Morgan fingerprint density at radius 3 is 2.94 bits per heavy atom. The molecule has 2 rings (SSSR count). The maximum absolute atomic E-state index is 12.1. The minimum atomic E-state index is -0.0372. The fraction of sp³-hybridized carbons (Fsp3) is 0.500. The van der Waals surface area contributed by atoms with Crippen molar-refractivity contribution in [2.24, 2.45) is 11.7 Å². The lowest BCUT2D eigenvalue weighted by Gasteiger charge is -2.17. The van der Waals surface area contributed by atoms with E-state index in [0.717, 1.165) is 19.5 Å². The number of nitrogens with two attached hydrogens (primary N) is 1. The number of hydrogen-bond acceptors (Lipinski definition) is 3. The monoisotopic (exact) mass is 253 g/mol. The van der Waals surface area contributed by atoms with Crippen LogP contribution >= 0.6 is 11.6 Å². The first-order valence-electron chi connectivity index (χ1n) is 5.74. The number of carbonyl (C=O) groups is 1. The second kappa shape index (κ2) is 5.02. The van der Waals surface area contributed by atoms with Crippen LogP contribution in [0.1, 0.15) is 23.8 Å². The van der Waals surface area contributed by atoms with Crippen molar-refractivity contribution in [3.05, 3.63) is 29.0 Å². The normalized spacial score (nSPS) is 21.6. The third kappa shape index (κ3) is 2.76. The van der Waals surface area contributed by atoms with Crippen molar-refractivity contribution in [1.29, 1.82) is 0 Å². The van der Waals surface area contributed by atoms with E-state index in [1.54, 1.807) is 12.1 Å². The van der Waals surface area contributed by atoms with Crippen LogP contribution in [0.2, 0.25) is 5.02 Å². The zero-order valence-electron chi connectivity index (χ0n) is 9.77. The minimum absolute atomic E-state index is 0.0372. The van der Waals surface area contributed by atoms with Gasteiger partial charge in [0.2, 0.25) is 0 Å². The fourth-order valence-electron chi connectivity index (χ4n) is 2.07. The summed E-state index contributed by atoms with van der Waals surface area (Å²) in [5.74, 6) is 0.357. The average molecular weight is 254 g/mol. The molecule has 0 aliphatic carbocycles. The van der Waals surface area contributed by atoms with Gasteiger partial charge in [0.25, 0.3) is 5.91 Å². The van der Waals surface area contributed by atoms with E-state index in [1.807, 2.05) is 11.8 Å². The summed E-state index contributed by atoms with van der Waals surface area (Å²) in [4.78, 5) is 18.0. The molecule has 2 unspecified atom stereocenters. The Bertz CT molecular complexity index is 405. The highest BCUT2D eigenvalue weighted by atomic mass is 35.5. The van der Waals surface area contributed by atoms with Crippen molar-refractivity contribution in [1.82, 2.24) is 9.88 Å². The molecule has 2 heterocycles. The summed E-state index contributed by atoms with van der Waals surface area (Å²) in [5.41, 5.74) is 6.29. The lowest BCUT2D eigenvalue weighted by atomic mass is 10.0. The minimum Gasteiger partial charge on any atom is -0.337 e. The SMILES string of the molecule is CC(N)C1CCN(C(=O)c2ccc(Cl)cn2)C1. The van der Waals surface area contributed by atoms with E-state index < -0.39 is 0 Å². The van der Waals surface area contributed by atoms with Gasteiger partial charge in [0.15, 0.2) is 0 Å². The van der Waals surface area contributed by atoms with E-state index in [2.05, 4.69) is 4.98 Å². The molecule has 2 N–H and O–H groups in total. The summed E-state index contributed by atoms with van der Waals surface area (Å²) in [6, 6.07) is 3.47. The van der Waals surface area contributed by atoms with E-state index in [9.17, 15) is 4.79 Å². The van der Waals surface area contributed by atoms with Gasteiger partial charge < -0.3 is 10.6 Å². The van der Waals surface area contributed by atoms with Crippen LogP contribution in [-0.2, 0) is 0 Å². The van der Waals surface area contributed by atoms with Crippen LogP contribution < -0.4 is 5.73 Å². The molecule has 1 saturated heterocycles. The van der Waals surface area contributed by atoms with E-state index in [-0.39, 0.29) is 11.9 Å². The molecule has 0 spiro atoms. The van der Waals surface area contributed by atoms with Gasteiger partial charge in [-0.2, -0.15) is 0 Å². The van der Waals surface area contributed by atoms with Gasteiger partial charge in [-0.15, -0.1) is 0 Å². The lowest BCUT2D eigenvalue weighted by Crippen LogP contribution is -2.33. The molecule has 4 nitrogen and oxygen atoms in total. The Kier molecular flexibility index (Phi) is 3.64. The Balaban J connectivity index is 2.04. The largest absolute Gasteiger partial charge is 0.337 e. The highest BCUT2D eigenvalue weighted by Gasteiger charge is 2.29. The van der Waals surface area contributed by atoms with Crippen LogP contribution in [0.3, 0.4) is 0 Å². The van der Waals surface area contributed by atoms with Crippen molar-refractivity contribution >= 4 is 17.5 Å². The molecule has 1 fully saturated rings. The highest BCUT2D eigenvalue weighted by Crippen LogP contribution is 2.20. The molecule has 17 heavy (non-hydrogen) atoms. The zero-order chi connectivity index (χ0) is 12.4. The Labute approximate surface area is 106 Å². The Hall–Kier alpha value is -1.13. The molecule has 0 radical (unpaired) electrons. The smallest absolute Gasteiger partial charge is 0.272 e. The topological polar surface area (TPSA) is 59.2 Å².